The van der Waals surface area contributed by atoms with Crippen LogP contribution in [-0.4, -0.2) is 34.6 Å². The van der Waals surface area contributed by atoms with Crippen LogP contribution >= 0.6 is 11.8 Å². The molecule has 0 saturated carbocycles. The Hall–Kier alpha value is -1.55. The predicted molar refractivity (Wildman–Crippen MR) is 97.0 cm³/mol. The van der Waals surface area contributed by atoms with Crippen molar-refractivity contribution < 1.29 is 4.79 Å². The van der Waals surface area contributed by atoms with Gasteiger partial charge >= 0.3 is 0 Å². The standard InChI is InChI=1S/C19H24N2OS/c1-3-15-12-16-8-7-14(2)11-17(16)20-19(15)23-13-18(22)21-9-5-4-6-10-21/h7-8,11-12H,3-6,9-10,13H2,1-2H3. The Morgan fingerprint density at radius 3 is 2.74 bits per heavy atom. The van der Waals surface area contributed by atoms with E-state index in [0.717, 1.165) is 42.9 Å². The third-order valence-electron chi connectivity index (χ3n) is 4.43. The highest BCUT2D eigenvalue weighted by Gasteiger charge is 2.17. The molecule has 2 heterocycles. The zero-order valence-corrected chi connectivity index (χ0v) is 14.8. The molecule has 1 amide bonds. The molecule has 0 bridgehead atoms. The van der Waals surface area contributed by atoms with Crippen LogP contribution in [0.2, 0.25) is 0 Å². The molecule has 1 aromatic carbocycles. The van der Waals surface area contributed by atoms with Gasteiger partial charge in [0.25, 0.3) is 0 Å². The van der Waals surface area contributed by atoms with Gasteiger partial charge in [0.1, 0.15) is 5.03 Å². The van der Waals surface area contributed by atoms with E-state index in [0.29, 0.717) is 5.75 Å². The number of pyridine rings is 1. The van der Waals surface area contributed by atoms with Gasteiger partial charge in [0.2, 0.25) is 5.91 Å². The summed E-state index contributed by atoms with van der Waals surface area (Å²) < 4.78 is 0. The molecule has 0 atom stereocenters. The summed E-state index contributed by atoms with van der Waals surface area (Å²) in [5, 5.41) is 2.19. The van der Waals surface area contributed by atoms with Crippen molar-refractivity contribution in [2.24, 2.45) is 0 Å². The number of amides is 1. The van der Waals surface area contributed by atoms with Gasteiger partial charge in [0.15, 0.2) is 0 Å². The molecule has 3 nitrogen and oxygen atoms in total. The first kappa shape index (κ1) is 16.3. The normalized spacial score (nSPS) is 15.1. The van der Waals surface area contributed by atoms with Gasteiger partial charge in [0, 0.05) is 18.5 Å². The fourth-order valence-electron chi connectivity index (χ4n) is 3.05. The molecule has 0 aliphatic carbocycles. The molecule has 0 radical (unpaired) electrons. The lowest BCUT2D eigenvalue weighted by Gasteiger charge is -2.26. The average molecular weight is 328 g/mol. The van der Waals surface area contributed by atoms with E-state index in [2.05, 4.69) is 38.1 Å². The maximum atomic E-state index is 12.4. The maximum absolute atomic E-state index is 12.4. The lowest BCUT2D eigenvalue weighted by molar-refractivity contribution is -0.129. The number of hydrogen-bond donors (Lipinski definition) is 0. The molecule has 122 valence electrons. The van der Waals surface area contributed by atoms with Crippen LogP contribution in [0.3, 0.4) is 0 Å². The van der Waals surface area contributed by atoms with Gasteiger partial charge in [0.05, 0.1) is 11.3 Å². The largest absolute Gasteiger partial charge is 0.342 e. The first-order chi connectivity index (χ1) is 11.2. The number of benzene rings is 1. The van der Waals surface area contributed by atoms with Crippen molar-refractivity contribution in [3.05, 3.63) is 35.4 Å². The fourth-order valence-corrected chi connectivity index (χ4v) is 4.04. The quantitative estimate of drug-likeness (QED) is 0.788. The highest BCUT2D eigenvalue weighted by atomic mass is 32.2. The van der Waals surface area contributed by atoms with Gasteiger partial charge in [-0.05, 0) is 55.9 Å². The van der Waals surface area contributed by atoms with Crippen LogP contribution in [0.5, 0.6) is 0 Å². The zero-order chi connectivity index (χ0) is 16.2. The minimum atomic E-state index is 0.253. The number of aryl methyl sites for hydroxylation is 2. The smallest absolute Gasteiger partial charge is 0.232 e. The number of fused-ring (bicyclic) bond motifs is 1. The van der Waals surface area contributed by atoms with E-state index in [-0.39, 0.29) is 5.91 Å². The molecule has 1 aliphatic heterocycles. The Morgan fingerprint density at radius 2 is 2.00 bits per heavy atom. The summed E-state index contributed by atoms with van der Waals surface area (Å²) in [6.07, 6.45) is 4.48. The SMILES string of the molecule is CCc1cc2ccc(C)cc2nc1SCC(=O)N1CCCCC1. The number of nitrogens with zero attached hydrogens (tertiary/aromatic N) is 2. The van der Waals surface area contributed by atoms with Crippen molar-refractivity contribution in [3.8, 4) is 0 Å². The Morgan fingerprint density at radius 1 is 1.22 bits per heavy atom. The molecule has 0 N–H and O–H groups in total. The van der Waals surface area contributed by atoms with Crippen LogP contribution in [0.25, 0.3) is 10.9 Å². The lowest BCUT2D eigenvalue weighted by atomic mass is 10.1. The van der Waals surface area contributed by atoms with Crippen molar-refractivity contribution in [2.45, 2.75) is 44.6 Å². The van der Waals surface area contributed by atoms with Crippen LogP contribution in [0.1, 0.15) is 37.3 Å². The topological polar surface area (TPSA) is 33.2 Å². The summed E-state index contributed by atoms with van der Waals surface area (Å²) in [7, 11) is 0. The molecule has 0 spiro atoms. The molecule has 3 rings (SSSR count). The molecule has 1 aromatic heterocycles. The fraction of sp³-hybridized carbons (Fsp3) is 0.474. The van der Waals surface area contributed by atoms with Gasteiger partial charge in [-0.3, -0.25) is 4.79 Å². The van der Waals surface area contributed by atoms with Crippen molar-refractivity contribution >= 4 is 28.6 Å². The molecule has 0 unspecified atom stereocenters. The second kappa shape index (κ2) is 7.35. The minimum Gasteiger partial charge on any atom is -0.342 e. The minimum absolute atomic E-state index is 0.253. The van der Waals surface area contributed by atoms with Gasteiger partial charge in [-0.1, -0.05) is 30.8 Å². The molecule has 1 fully saturated rings. The number of rotatable bonds is 4. The Balaban J connectivity index is 1.76. The van der Waals surface area contributed by atoms with E-state index in [4.69, 9.17) is 4.98 Å². The third-order valence-corrected chi connectivity index (χ3v) is 5.45. The second-order valence-electron chi connectivity index (χ2n) is 6.23. The first-order valence-corrected chi connectivity index (χ1v) is 9.47. The number of thioether (sulfide) groups is 1. The maximum Gasteiger partial charge on any atom is 0.232 e. The summed E-state index contributed by atoms with van der Waals surface area (Å²) in [5.41, 5.74) is 3.47. The van der Waals surface area contributed by atoms with E-state index >= 15 is 0 Å². The van der Waals surface area contributed by atoms with Gasteiger partial charge < -0.3 is 4.90 Å². The van der Waals surface area contributed by atoms with Crippen LogP contribution in [0.15, 0.2) is 29.3 Å². The number of likely N-dealkylation sites (tertiary alicyclic amines) is 1. The van der Waals surface area contributed by atoms with Crippen LogP contribution < -0.4 is 0 Å². The second-order valence-corrected chi connectivity index (χ2v) is 7.20. The zero-order valence-electron chi connectivity index (χ0n) is 14.0. The van der Waals surface area contributed by atoms with Crippen molar-refractivity contribution in [2.75, 3.05) is 18.8 Å². The summed E-state index contributed by atoms with van der Waals surface area (Å²) in [6, 6.07) is 8.58. The molecule has 23 heavy (non-hydrogen) atoms. The van der Waals surface area contributed by atoms with Crippen LogP contribution in [0, 0.1) is 6.92 Å². The van der Waals surface area contributed by atoms with Crippen molar-refractivity contribution in [1.29, 1.82) is 0 Å². The number of hydrogen-bond acceptors (Lipinski definition) is 3. The van der Waals surface area contributed by atoms with Crippen molar-refractivity contribution in [1.82, 2.24) is 9.88 Å². The number of aromatic nitrogens is 1. The highest BCUT2D eigenvalue weighted by molar-refractivity contribution is 7.99. The molecule has 1 saturated heterocycles. The summed E-state index contributed by atoms with van der Waals surface area (Å²) in [6.45, 7) is 6.07. The summed E-state index contributed by atoms with van der Waals surface area (Å²) in [5.74, 6) is 0.750. The number of carbonyl (C=O) groups excluding carboxylic acids is 1. The lowest BCUT2D eigenvalue weighted by Crippen LogP contribution is -2.36. The van der Waals surface area contributed by atoms with Gasteiger partial charge in [-0.2, -0.15) is 0 Å². The highest BCUT2D eigenvalue weighted by Crippen LogP contribution is 2.26. The molecule has 1 aliphatic rings. The Labute approximate surface area is 142 Å². The van der Waals surface area contributed by atoms with E-state index in [1.54, 1.807) is 11.8 Å². The number of piperidine rings is 1. The summed E-state index contributed by atoms with van der Waals surface area (Å²) in [4.78, 5) is 19.2. The number of carbonyl (C=O) groups is 1. The third kappa shape index (κ3) is 3.86. The summed E-state index contributed by atoms with van der Waals surface area (Å²) >= 11 is 1.59. The van der Waals surface area contributed by atoms with E-state index in [1.807, 2.05) is 4.90 Å². The first-order valence-electron chi connectivity index (χ1n) is 8.48. The predicted octanol–water partition coefficient (Wildman–Crippen LogP) is 4.21. The Kier molecular flexibility index (Phi) is 5.21. The van der Waals surface area contributed by atoms with Crippen LogP contribution in [0.4, 0.5) is 0 Å². The molecule has 4 heteroatoms. The van der Waals surface area contributed by atoms with Crippen molar-refractivity contribution in [3.63, 3.8) is 0 Å². The molecular weight excluding hydrogens is 304 g/mol. The van der Waals surface area contributed by atoms with E-state index in [9.17, 15) is 4.79 Å². The van der Waals surface area contributed by atoms with Gasteiger partial charge in [-0.25, -0.2) is 4.98 Å². The molecule has 2 aromatic rings. The van der Waals surface area contributed by atoms with E-state index < -0.39 is 0 Å². The monoisotopic (exact) mass is 328 g/mol. The molecular formula is C19H24N2OS. The van der Waals surface area contributed by atoms with Crippen LogP contribution in [-0.2, 0) is 11.2 Å². The van der Waals surface area contributed by atoms with E-state index in [1.165, 1.54) is 22.9 Å². The average Bonchev–Trinajstić information content (AvgIpc) is 2.59. The Bertz CT molecular complexity index is 708. The van der Waals surface area contributed by atoms with Gasteiger partial charge in [-0.15, -0.1) is 0 Å².